The van der Waals surface area contributed by atoms with Gasteiger partial charge in [0.15, 0.2) is 5.78 Å². The average molecular weight is 407 g/mol. The van der Waals surface area contributed by atoms with Gasteiger partial charge in [-0.25, -0.2) is 0 Å². The molecule has 0 atom stereocenters. The number of carbonyl (C=O) groups excluding carboxylic acids is 3. The normalized spacial score (nSPS) is 12.3. The summed E-state index contributed by atoms with van der Waals surface area (Å²) in [5.41, 5.74) is 4.99. The molecule has 2 amide bonds. The Kier molecular flexibility index (Phi) is 7.39. The third kappa shape index (κ3) is 5.56. The molecule has 1 aliphatic carbocycles. The van der Waals surface area contributed by atoms with Gasteiger partial charge < -0.3 is 10.2 Å². The number of nitrogens with one attached hydrogen (secondary N) is 1. The predicted molar refractivity (Wildman–Crippen MR) is 119 cm³/mol. The summed E-state index contributed by atoms with van der Waals surface area (Å²) in [7, 11) is 0. The van der Waals surface area contributed by atoms with E-state index in [1.165, 1.54) is 11.1 Å². The van der Waals surface area contributed by atoms with Gasteiger partial charge in [-0.15, -0.1) is 0 Å². The van der Waals surface area contributed by atoms with E-state index in [1.54, 1.807) is 4.90 Å². The van der Waals surface area contributed by atoms with Crippen LogP contribution in [0.4, 0.5) is 5.69 Å². The number of nitrogens with zero attached hydrogens (tertiary/aromatic N) is 1. The Morgan fingerprint density at radius 1 is 1.00 bits per heavy atom. The van der Waals surface area contributed by atoms with E-state index in [0.29, 0.717) is 12.1 Å². The molecule has 0 bridgehead atoms. The number of Topliss-reactive ketones (excluding diaryl/α,β-unsaturated/α-hetero) is 1. The first-order valence-electron chi connectivity index (χ1n) is 10.8. The number of fused-ring (bicyclic) bond motifs is 1. The number of carbonyl (C=O) groups is 3. The Morgan fingerprint density at radius 2 is 1.77 bits per heavy atom. The van der Waals surface area contributed by atoms with Crippen LogP contribution in [0.1, 0.15) is 59.7 Å². The van der Waals surface area contributed by atoms with Gasteiger partial charge in [0.05, 0.1) is 6.54 Å². The largest absolute Gasteiger partial charge is 0.333 e. The summed E-state index contributed by atoms with van der Waals surface area (Å²) >= 11 is 0. The van der Waals surface area contributed by atoms with Crippen LogP contribution in [0.25, 0.3) is 0 Å². The number of ketones is 1. The Morgan fingerprint density at radius 3 is 2.53 bits per heavy atom. The molecule has 158 valence electrons. The van der Waals surface area contributed by atoms with E-state index in [0.717, 1.165) is 36.9 Å². The molecular formula is C25H30N2O3. The lowest BCUT2D eigenvalue weighted by Gasteiger charge is -2.22. The molecule has 2 aromatic rings. The Balaban J connectivity index is 1.55. The molecule has 0 spiro atoms. The fourth-order valence-corrected chi connectivity index (χ4v) is 3.91. The maximum Gasteiger partial charge on any atom is 0.244 e. The van der Waals surface area contributed by atoms with E-state index in [2.05, 4.69) is 5.32 Å². The van der Waals surface area contributed by atoms with Gasteiger partial charge in [-0.1, -0.05) is 37.3 Å². The molecule has 0 fully saturated rings. The van der Waals surface area contributed by atoms with Crippen LogP contribution in [-0.4, -0.2) is 35.6 Å². The highest BCUT2D eigenvalue weighted by Crippen LogP contribution is 2.23. The van der Waals surface area contributed by atoms with Crippen LogP contribution in [0.3, 0.4) is 0 Å². The van der Waals surface area contributed by atoms with Gasteiger partial charge >= 0.3 is 0 Å². The predicted octanol–water partition coefficient (Wildman–Crippen LogP) is 4.32. The van der Waals surface area contributed by atoms with Crippen molar-refractivity contribution in [3.05, 3.63) is 64.7 Å². The highest BCUT2D eigenvalue weighted by Gasteiger charge is 2.19. The minimum Gasteiger partial charge on any atom is -0.333 e. The lowest BCUT2D eigenvalue weighted by molar-refractivity contribution is -0.134. The molecule has 0 aliphatic heterocycles. The lowest BCUT2D eigenvalue weighted by atomic mass is 10.0. The van der Waals surface area contributed by atoms with Crippen LogP contribution >= 0.6 is 0 Å². The number of anilines is 1. The van der Waals surface area contributed by atoms with Crippen molar-refractivity contribution in [2.24, 2.45) is 0 Å². The summed E-state index contributed by atoms with van der Waals surface area (Å²) in [6.45, 7) is 4.38. The topological polar surface area (TPSA) is 66.5 Å². The summed E-state index contributed by atoms with van der Waals surface area (Å²) in [4.78, 5) is 39.3. The number of hydrogen-bond acceptors (Lipinski definition) is 3. The Bertz CT molecular complexity index is 936. The molecule has 5 nitrogen and oxygen atoms in total. The van der Waals surface area contributed by atoms with E-state index < -0.39 is 0 Å². The first-order chi connectivity index (χ1) is 14.5. The van der Waals surface area contributed by atoms with E-state index in [-0.39, 0.29) is 37.0 Å². The third-order valence-electron chi connectivity index (χ3n) is 5.59. The first kappa shape index (κ1) is 21.8. The lowest BCUT2D eigenvalue weighted by Crippen LogP contribution is -2.38. The number of hydrogen-bond donors (Lipinski definition) is 1. The van der Waals surface area contributed by atoms with Crippen LogP contribution in [-0.2, 0) is 22.4 Å². The minimum absolute atomic E-state index is 0.00591. The van der Waals surface area contributed by atoms with Crippen LogP contribution in [0, 0.1) is 6.92 Å². The van der Waals surface area contributed by atoms with Gasteiger partial charge in [0.2, 0.25) is 11.8 Å². The first-order valence-corrected chi connectivity index (χ1v) is 10.8. The molecule has 2 aromatic carbocycles. The van der Waals surface area contributed by atoms with Crippen molar-refractivity contribution in [3.8, 4) is 0 Å². The molecule has 1 aliphatic rings. The van der Waals surface area contributed by atoms with Gasteiger partial charge in [0.1, 0.15) is 0 Å². The van der Waals surface area contributed by atoms with E-state index >= 15 is 0 Å². The third-order valence-corrected chi connectivity index (χ3v) is 5.59. The second-order valence-electron chi connectivity index (χ2n) is 7.94. The summed E-state index contributed by atoms with van der Waals surface area (Å²) < 4.78 is 0. The smallest absolute Gasteiger partial charge is 0.244 e. The van der Waals surface area contributed by atoms with E-state index in [9.17, 15) is 14.4 Å². The number of aryl methyl sites for hydroxylation is 3. The van der Waals surface area contributed by atoms with Crippen LogP contribution in [0.5, 0.6) is 0 Å². The SMILES string of the molecule is CCCN(CC(=O)Nc1ccccc1C)C(=O)CCC(=O)c1ccc2c(c1)CCC2. The molecule has 1 N–H and O–H groups in total. The summed E-state index contributed by atoms with van der Waals surface area (Å²) in [6, 6.07) is 13.4. The van der Waals surface area contributed by atoms with Gasteiger partial charge in [-0.05, 0) is 61.4 Å². The Hall–Kier alpha value is -2.95. The molecule has 0 heterocycles. The second kappa shape index (κ2) is 10.2. The zero-order valence-electron chi connectivity index (χ0n) is 17.9. The van der Waals surface area contributed by atoms with E-state index in [4.69, 9.17) is 0 Å². The maximum absolute atomic E-state index is 12.7. The van der Waals surface area contributed by atoms with E-state index in [1.807, 2.05) is 56.3 Å². The highest BCUT2D eigenvalue weighted by atomic mass is 16.2. The molecule has 0 unspecified atom stereocenters. The molecule has 30 heavy (non-hydrogen) atoms. The highest BCUT2D eigenvalue weighted by molar-refractivity contribution is 5.99. The van der Waals surface area contributed by atoms with Crippen LogP contribution < -0.4 is 5.32 Å². The van der Waals surface area contributed by atoms with Crippen molar-refractivity contribution in [2.45, 2.75) is 52.4 Å². The summed E-state index contributed by atoms with van der Waals surface area (Å²) in [5.74, 6) is -0.402. The Labute approximate surface area is 178 Å². The molecule has 3 rings (SSSR count). The number of rotatable bonds is 9. The van der Waals surface area contributed by atoms with Crippen molar-refractivity contribution in [1.82, 2.24) is 4.90 Å². The molecule has 0 saturated heterocycles. The fraction of sp³-hybridized carbons (Fsp3) is 0.400. The zero-order valence-corrected chi connectivity index (χ0v) is 17.9. The van der Waals surface area contributed by atoms with Crippen molar-refractivity contribution < 1.29 is 14.4 Å². The van der Waals surface area contributed by atoms with Crippen molar-refractivity contribution >= 4 is 23.3 Å². The molecule has 0 radical (unpaired) electrons. The van der Waals surface area contributed by atoms with Gasteiger partial charge in [-0.2, -0.15) is 0 Å². The summed E-state index contributed by atoms with van der Waals surface area (Å²) in [5, 5.41) is 2.87. The van der Waals surface area contributed by atoms with Gasteiger partial charge in [0.25, 0.3) is 0 Å². The molecule has 5 heteroatoms. The van der Waals surface area contributed by atoms with Crippen LogP contribution in [0.2, 0.25) is 0 Å². The van der Waals surface area contributed by atoms with Gasteiger partial charge in [0, 0.05) is 30.6 Å². The summed E-state index contributed by atoms with van der Waals surface area (Å²) in [6.07, 6.45) is 4.28. The van der Waals surface area contributed by atoms with Crippen molar-refractivity contribution in [2.75, 3.05) is 18.4 Å². The number of para-hydroxylation sites is 1. The van der Waals surface area contributed by atoms with Crippen molar-refractivity contribution in [3.63, 3.8) is 0 Å². The monoisotopic (exact) mass is 406 g/mol. The quantitative estimate of drug-likeness (QED) is 0.631. The zero-order chi connectivity index (χ0) is 21.5. The minimum atomic E-state index is -0.226. The molecule has 0 saturated carbocycles. The number of amides is 2. The average Bonchev–Trinajstić information content (AvgIpc) is 3.21. The van der Waals surface area contributed by atoms with Crippen LogP contribution in [0.15, 0.2) is 42.5 Å². The second-order valence-corrected chi connectivity index (χ2v) is 7.94. The maximum atomic E-state index is 12.7. The molecular weight excluding hydrogens is 376 g/mol. The van der Waals surface area contributed by atoms with Gasteiger partial charge in [-0.3, -0.25) is 14.4 Å². The number of benzene rings is 2. The fourth-order valence-electron chi connectivity index (χ4n) is 3.91. The van der Waals surface area contributed by atoms with Crippen molar-refractivity contribution in [1.29, 1.82) is 0 Å². The molecule has 0 aromatic heterocycles. The standard InChI is InChI=1S/C25H30N2O3/c1-3-15-27(17-24(29)26-22-10-5-4-7-18(22)2)25(30)14-13-23(28)21-12-11-19-8-6-9-20(19)16-21/h4-5,7,10-12,16H,3,6,8-9,13-15,17H2,1-2H3,(H,26,29).